The lowest BCUT2D eigenvalue weighted by atomic mass is 10.1. The van der Waals surface area contributed by atoms with Gasteiger partial charge < -0.3 is 10.2 Å². The predicted octanol–water partition coefficient (Wildman–Crippen LogP) is 4.07. The Morgan fingerprint density at radius 2 is 1.81 bits per heavy atom. The SMILES string of the molecule is CCNS(=O)(=O)c1ccc(F)c(C(=O)Nc2ccc(N3CCc4ccccc43)cc2)c1. The Morgan fingerprint density at radius 1 is 1.06 bits per heavy atom. The smallest absolute Gasteiger partial charge is 0.258 e. The van der Waals surface area contributed by atoms with Crippen molar-refractivity contribution in [2.45, 2.75) is 18.2 Å². The molecule has 1 heterocycles. The standard InChI is InChI=1S/C23H22FN3O3S/c1-2-25-31(29,30)19-11-12-21(24)20(15-19)23(28)26-17-7-9-18(10-8-17)27-14-13-16-5-3-4-6-22(16)27/h3-12,15,25H,2,13-14H2,1H3,(H,26,28). The van der Waals surface area contributed by atoms with Crippen LogP contribution >= 0.6 is 0 Å². The van der Waals surface area contributed by atoms with E-state index in [2.05, 4.69) is 27.1 Å². The van der Waals surface area contributed by atoms with Crippen LogP contribution in [0.2, 0.25) is 0 Å². The molecule has 0 bridgehead atoms. The molecule has 0 aliphatic carbocycles. The number of anilines is 3. The number of nitrogens with zero attached hydrogens (tertiary/aromatic N) is 1. The third-order valence-electron chi connectivity index (χ3n) is 5.15. The molecule has 0 unspecified atom stereocenters. The number of amides is 1. The molecule has 0 spiro atoms. The number of benzene rings is 3. The Kier molecular flexibility index (Phi) is 5.75. The first-order valence-corrected chi connectivity index (χ1v) is 11.4. The summed E-state index contributed by atoms with van der Waals surface area (Å²) in [5.41, 5.74) is 3.60. The van der Waals surface area contributed by atoms with E-state index in [9.17, 15) is 17.6 Å². The van der Waals surface area contributed by atoms with Crippen molar-refractivity contribution in [1.82, 2.24) is 4.72 Å². The van der Waals surface area contributed by atoms with E-state index in [1.807, 2.05) is 24.3 Å². The number of hydrogen-bond acceptors (Lipinski definition) is 4. The summed E-state index contributed by atoms with van der Waals surface area (Å²) in [7, 11) is -3.80. The summed E-state index contributed by atoms with van der Waals surface area (Å²) in [6, 6.07) is 18.6. The van der Waals surface area contributed by atoms with E-state index >= 15 is 0 Å². The van der Waals surface area contributed by atoms with Gasteiger partial charge in [-0.2, -0.15) is 0 Å². The Morgan fingerprint density at radius 3 is 2.55 bits per heavy atom. The normalized spacial score (nSPS) is 13.2. The first kappa shape index (κ1) is 21.0. The van der Waals surface area contributed by atoms with E-state index in [1.54, 1.807) is 19.1 Å². The molecule has 1 aliphatic heterocycles. The van der Waals surface area contributed by atoms with Gasteiger partial charge in [-0.3, -0.25) is 4.79 Å². The zero-order valence-electron chi connectivity index (χ0n) is 16.9. The van der Waals surface area contributed by atoms with E-state index in [1.165, 1.54) is 11.3 Å². The summed E-state index contributed by atoms with van der Waals surface area (Å²) in [5.74, 6) is -1.51. The van der Waals surface area contributed by atoms with Crippen LogP contribution in [0.15, 0.2) is 71.6 Å². The van der Waals surface area contributed by atoms with Gasteiger partial charge in [0, 0.05) is 30.2 Å². The Labute approximate surface area is 180 Å². The van der Waals surface area contributed by atoms with E-state index in [4.69, 9.17) is 0 Å². The maximum absolute atomic E-state index is 14.2. The van der Waals surface area contributed by atoms with Gasteiger partial charge in [0.2, 0.25) is 10.0 Å². The summed E-state index contributed by atoms with van der Waals surface area (Å²) < 4.78 is 40.9. The Bertz CT molecular complexity index is 1230. The van der Waals surface area contributed by atoms with Gasteiger partial charge in [0.1, 0.15) is 5.82 Å². The van der Waals surface area contributed by atoms with E-state index in [0.29, 0.717) is 5.69 Å². The van der Waals surface area contributed by atoms with Crippen LogP contribution in [0.3, 0.4) is 0 Å². The van der Waals surface area contributed by atoms with Gasteiger partial charge in [0.25, 0.3) is 5.91 Å². The summed E-state index contributed by atoms with van der Waals surface area (Å²) in [4.78, 5) is 14.6. The van der Waals surface area contributed by atoms with Crippen LogP contribution in [-0.4, -0.2) is 27.4 Å². The number of hydrogen-bond donors (Lipinski definition) is 2. The lowest BCUT2D eigenvalue weighted by molar-refractivity contribution is 0.102. The third-order valence-corrected chi connectivity index (χ3v) is 6.69. The number of sulfonamides is 1. The number of rotatable bonds is 6. The lowest BCUT2D eigenvalue weighted by Gasteiger charge is -2.20. The predicted molar refractivity (Wildman–Crippen MR) is 119 cm³/mol. The van der Waals surface area contributed by atoms with Crippen molar-refractivity contribution in [3.8, 4) is 0 Å². The molecule has 0 saturated carbocycles. The first-order chi connectivity index (χ1) is 14.9. The molecule has 3 aromatic carbocycles. The largest absolute Gasteiger partial charge is 0.341 e. The number of carbonyl (C=O) groups is 1. The van der Waals surface area contributed by atoms with Crippen molar-refractivity contribution in [3.63, 3.8) is 0 Å². The summed E-state index contributed by atoms with van der Waals surface area (Å²) in [6.07, 6.45) is 0.972. The Balaban J connectivity index is 1.52. The van der Waals surface area contributed by atoms with Crippen molar-refractivity contribution >= 4 is 33.0 Å². The molecule has 0 atom stereocenters. The monoisotopic (exact) mass is 439 g/mol. The maximum Gasteiger partial charge on any atom is 0.258 e. The molecule has 1 aliphatic rings. The Hall–Kier alpha value is -3.23. The van der Waals surface area contributed by atoms with Crippen LogP contribution in [0.4, 0.5) is 21.5 Å². The van der Waals surface area contributed by atoms with Crippen LogP contribution in [0.25, 0.3) is 0 Å². The molecule has 2 N–H and O–H groups in total. The molecule has 6 nitrogen and oxygen atoms in total. The van der Waals surface area contributed by atoms with E-state index in [-0.39, 0.29) is 17.0 Å². The quantitative estimate of drug-likeness (QED) is 0.607. The average molecular weight is 440 g/mol. The molecule has 160 valence electrons. The highest BCUT2D eigenvalue weighted by Gasteiger charge is 2.21. The highest BCUT2D eigenvalue weighted by Crippen LogP contribution is 2.34. The molecule has 0 aromatic heterocycles. The summed E-state index contributed by atoms with van der Waals surface area (Å²) in [6.45, 7) is 2.71. The molecule has 1 amide bonds. The summed E-state index contributed by atoms with van der Waals surface area (Å²) in [5, 5.41) is 2.63. The number of halogens is 1. The van der Waals surface area contributed by atoms with Crippen molar-refractivity contribution in [2.75, 3.05) is 23.3 Å². The minimum atomic E-state index is -3.80. The first-order valence-electron chi connectivity index (χ1n) is 9.95. The molecule has 0 fully saturated rings. The van der Waals surface area contributed by atoms with Crippen molar-refractivity contribution in [2.24, 2.45) is 0 Å². The van der Waals surface area contributed by atoms with Gasteiger partial charge in [-0.25, -0.2) is 17.5 Å². The van der Waals surface area contributed by atoms with E-state index in [0.717, 1.165) is 36.9 Å². The van der Waals surface area contributed by atoms with Crippen LogP contribution in [0.5, 0.6) is 0 Å². The van der Waals surface area contributed by atoms with E-state index < -0.39 is 21.7 Å². The number of fused-ring (bicyclic) bond motifs is 1. The average Bonchev–Trinajstić information content (AvgIpc) is 3.18. The molecule has 8 heteroatoms. The second-order valence-corrected chi connectivity index (χ2v) is 8.94. The molecule has 31 heavy (non-hydrogen) atoms. The lowest BCUT2D eigenvalue weighted by Crippen LogP contribution is -2.24. The zero-order chi connectivity index (χ0) is 22.0. The fraction of sp³-hybridized carbons (Fsp3) is 0.174. The van der Waals surface area contributed by atoms with Crippen molar-refractivity contribution in [1.29, 1.82) is 0 Å². The maximum atomic E-state index is 14.2. The van der Waals surface area contributed by atoms with Gasteiger partial charge >= 0.3 is 0 Å². The van der Waals surface area contributed by atoms with Gasteiger partial charge in [-0.15, -0.1) is 0 Å². The van der Waals surface area contributed by atoms with Crippen LogP contribution in [-0.2, 0) is 16.4 Å². The molecule has 3 aromatic rings. The number of nitrogens with one attached hydrogen (secondary N) is 2. The van der Waals surface area contributed by atoms with Gasteiger partial charge in [-0.1, -0.05) is 25.1 Å². The van der Waals surface area contributed by atoms with Gasteiger partial charge in [-0.05, 0) is 60.5 Å². The number of carbonyl (C=O) groups excluding carboxylic acids is 1. The molecule has 4 rings (SSSR count). The van der Waals surface area contributed by atoms with Crippen LogP contribution in [0.1, 0.15) is 22.8 Å². The van der Waals surface area contributed by atoms with Crippen LogP contribution < -0.4 is 14.9 Å². The van der Waals surface area contributed by atoms with Crippen molar-refractivity contribution in [3.05, 3.63) is 83.7 Å². The molecular weight excluding hydrogens is 417 g/mol. The zero-order valence-corrected chi connectivity index (χ0v) is 17.7. The van der Waals surface area contributed by atoms with Gasteiger partial charge in [0.15, 0.2) is 0 Å². The highest BCUT2D eigenvalue weighted by atomic mass is 32.2. The fourth-order valence-corrected chi connectivity index (χ4v) is 4.72. The second-order valence-electron chi connectivity index (χ2n) is 7.17. The minimum absolute atomic E-state index is 0.163. The molecule has 0 radical (unpaired) electrons. The molecule has 0 saturated heterocycles. The molecular formula is C23H22FN3O3S. The third kappa shape index (κ3) is 4.30. The fourth-order valence-electron chi connectivity index (χ4n) is 3.65. The summed E-state index contributed by atoms with van der Waals surface area (Å²) >= 11 is 0. The van der Waals surface area contributed by atoms with Gasteiger partial charge in [0.05, 0.1) is 10.5 Å². The topological polar surface area (TPSA) is 78.5 Å². The highest BCUT2D eigenvalue weighted by molar-refractivity contribution is 7.89. The van der Waals surface area contributed by atoms with Crippen LogP contribution in [0, 0.1) is 5.82 Å². The van der Waals surface area contributed by atoms with Crippen molar-refractivity contribution < 1.29 is 17.6 Å². The second kappa shape index (κ2) is 8.49. The number of para-hydroxylation sites is 1. The minimum Gasteiger partial charge on any atom is -0.341 e.